The van der Waals surface area contributed by atoms with E-state index >= 15 is 0 Å². The van der Waals surface area contributed by atoms with Gasteiger partial charge in [-0.2, -0.15) is 0 Å². The van der Waals surface area contributed by atoms with Crippen molar-refractivity contribution in [2.75, 3.05) is 13.6 Å². The first-order chi connectivity index (χ1) is 7.54. The Hall–Kier alpha value is -1.49. The van der Waals surface area contributed by atoms with E-state index in [-0.39, 0.29) is 12.0 Å². The molecule has 1 aromatic carbocycles. The van der Waals surface area contributed by atoms with E-state index in [0.717, 1.165) is 12.1 Å². The molecule has 0 spiro atoms. The van der Waals surface area contributed by atoms with Crippen LogP contribution in [-0.4, -0.2) is 24.7 Å². The van der Waals surface area contributed by atoms with E-state index in [1.807, 2.05) is 0 Å². The molecule has 0 aromatic heterocycles. The van der Waals surface area contributed by atoms with Crippen LogP contribution in [0.3, 0.4) is 0 Å². The van der Waals surface area contributed by atoms with Gasteiger partial charge in [0.2, 0.25) is 0 Å². The number of hydrogen-bond donors (Lipinski definition) is 2. The lowest BCUT2D eigenvalue weighted by atomic mass is 9.95. The van der Waals surface area contributed by atoms with Crippen LogP contribution >= 0.6 is 0 Å². The van der Waals surface area contributed by atoms with Gasteiger partial charge >= 0.3 is 5.97 Å². The van der Waals surface area contributed by atoms with E-state index in [1.54, 1.807) is 7.05 Å². The topological polar surface area (TPSA) is 49.3 Å². The molecule has 1 unspecified atom stereocenters. The molecule has 5 heteroatoms. The lowest BCUT2D eigenvalue weighted by molar-refractivity contribution is -0.137. The van der Waals surface area contributed by atoms with Gasteiger partial charge in [-0.05, 0) is 18.7 Å². The highest BCUT2D eigenvalue weighted by molar-refractivity contribution is 5.68. The number of carboxylic acid groups (broad SMARTS) is 1. The van der Waals surface area contributed by atoms with Crippen LogP contribution in [0.4, 0.5) is 8.78 Å². The molecule has 0 fully saturated rings. The highest BCUT2D eigenvalue weighted by Crippen LogP contribution is 2.22. The second-order valence-electron chi connectivity index (χ2n) is 3.52. The summed E-state index contributed by atoms with van der Waals surface area (Å²) in [5, 5.41) is 11.5. The number of benzene rings is 1. The number of aliphatic carboxylic acids is 1. The molecular weight excluding hydrogens is 216 g/mol. The van der Waals surface area contributed by atoms with Gasteiger partial charge in [-0.25, -0.2) is 8.78 Å². The Morgan fingerprint density at radius 1 is 1.50 bits per heavy atom. The Morgan fingerprint density at radius 3 is 2.69 bits per heavy atom. The third-order valence-electron chi connectivity index (χ3n) is 2.27. The van der Waals surface area contributed by atoms with Crippen molar-refractivity contribution in [1.29, 1.82) is 0 Å². The highest BCUT2D eigenvalue weighted by Gasteiger charge is 2.18. The Balaban J connectivity index is 2.95. The summed E-state index contributed by atoms with van der Waals surface area (Å²) in [6.07, 6.45) is -0.191. The van der Waals surface area contributed by atoms with Crippen molar-refractivity contribution in [3.63, 3.8) is 0 Å². The third kappa shape index (κ3) is 3.27. The molecule has 0 aliphatic heterocycles. The molecule has 1 atom stereocenters. The fraction of sp³-hybridized carbons (Fsp3) is 0.364. The number of rotatable bonds is 5. The van der Waals surface area contributed by atoms with Gasteiger partial charge in [0.25, 0.3) is 0 Å². The summed E-state index contributed by atoms with van der Waals surface area (Å²) in [4.78, 5) is 10.6. The van der Waals surface area contributed by atoms with E-state index in [0.29, 0.717) is 6.54 Å². The van der Waals surface area contributed by atoms with Crippen molar-refractivity contribution in [3.8, 4) is 0 Å². The Labute approximate surface area is 92.1 Å². The van der Waals surface area contributed by atoms with E-state index in [9.17, 15) is 13.6 Å². The molecule has 3 nitrogen and oxygen atoms in total. The van der Waals surface area contributed by atoms with Gasteiger partial charge in [-0.15, -0.1) is 0 Å². The monoisotopic (exact) mass is 229 g/mol. The van der Waals surface area contributed by atoms with Crippen molar-refractivity contribution in [2.24, 2.45) is 0 Å². The van der Waals surface area contributed by atoms with Crippen LogP contribution in [-0.2, 0) is 4.79 Å². The molecule has 88 valence electrons. The average molecular weight is 229 g/mol. The Morgan fingerprint density at radius 2 is 2.19 bits per heavy atom. The van der Waals surface area contributed by atoms with Gasteiger partial charge in [0.05, 0.1) is 6.42 Å². The van der Waals surface area contributed by atoms with Gasteiger partial charge in [-0.3, -0.25) is 4.79 Å². The number of halogens is 2. The molecule has 0 aliphatic rings. The molecule has 0 radical (unpaired) electrons. The first-order valence-electron chi connectivity index (χ1n) is 4.86. The standard InChI is InChI=1S/C11H13F2NO2/c1-14-6-7(4-11(15)16)9-3-2-8(12)5-10(9)13/h2-3,5,7,14H,4,6H2,1H3,(H,15,16). The van der Waals surface area contributed by atoms with Crippen molar-refractivity contribution < 1.29 is 18.7 Å². The predicted octanol–water partition coefficient (Wildman–Crippen LogP) is 1.74. The normalized spacial score (nSPS) is 12.4. The predicted molar refractivity (Wildman–Crippen MR) is 55.3 cm³/mol. The molecule has 0 heterocycles. The summed E-state index contributed by atoms with van der Waals surface area (Å²) in [6.45, 7) is 0.328. The minimum Gasteiger partial charge on any atom is -0.481 e. The van der Waals surface area contributed by atoms with Crippen molar-refractivity contribution in [2.45, 2.75) is 12.3 Å². The zero-order valence-corrected chi connectivity index (χ0v) is 8.84. The van der Waals surface area contributed by atoms with E-state index < -0.39 is 23.5 Å². The molecule has 1 aromatic rings. The van der Waals surface area contributed by atoms with Crippen molar-refractivity contribution in [1.82, 2.24) is 5.32 Å². The molecule has 16 heavy (non-hydrogen) atoms. The molecule has 0 saturated heterocycles. The first-order valence-corrected chi connectivity index (χ1v) is 4.86. The molecular formula is C11H13F2NO2. The van der Waals surface area contributed by atoms with E-state index in [4.69, 9.17) is 5.11 Å². The number of carbonyl (C=O) groups is 1. The summed E-state index contributed by atoms with van der Waals surface area (Å²) < 4.78 is 26.1. The summed E-state index contributed by atoms with van der Waals surface area (Å²) >= 11 is 0. The minimum absolute atomic E-state index is 0.191. The van der Waals surface area contributed by atoms with Gasteiger partial charge in [0, 0.05) is 18.5 Å². The lowest BCUT2D eigenvalue weighted by Crippen LogP contribution is -2.20. The maximum absolute atomic E-state index is 13.4. The molecule has 0 aliphatic carbocycles. The summed E-state index contributed by atoms with van der Waals surface area (Å²) in [6, 6.07) is 3.18. The van der Waals surface area contributed by atoms with Crippen LogP contribution in [0.25, 0.3) is 0 Å². The zero-order valence-electron chi connectivity index (χ0n) is 8.84. The molecule has 0 bridgehead atoms. The van der Waals surface area contributed by atoms with Crippen LogP contribution in [0.15, 0.2) is 18.2 Å². The highest BCUT2D eigenvalue weighted by atomic mass is 19.1. The van der Waals surface area contributed by atoms with Crippen LogP contribution in [0, 0.1) is 11.6 Å². The lowest BCUT2D eigenvalue weighted by Gasteiger charge is -2.15. The SMILES string of the molecule is CNCC(CC(=O)O)c1ccc(F)cc1F. The maximum Gasteiger partial charge on any atom is 0.304 e. The van der Waals surface area contributed by atoms with E-state index in [2.05, 4.69) is 5.32 Å². The molecule has 0 amide bonds. The number of nitrogens with one attached hydrogen (secondary N) is 1. The zero-order chi connectivity index (χ0) is 12.1. The number of likely N-dealkylation sites (N-methyl/N-ethyl adjacent to an activating group) is 1. The van der Waals surface area contributed by atoms with E-state index in [1.165, 1.54) is 6.07 Å². The first kappa shape index (κ1) is 12.6. The van der Waals surface area contributed by atoms with Gasteiger partial charge < -0.3 is 10.4 Å². The fourth-order valence-electron chi connectivity index (χ4n) is 1.58. The van der Waals surface area contributed by atoms with Crippen molar-refractivity contribution >= 4 is 5.97 Å². The maximum atomic E-state index is 13.4. The Kier molecular flexibility index (Phi) is 4.37. The van der Waals surface area contributed by atoms with Crippen LogP contribution in [0.5, 0.6) is 0 Å². The number of carboxylic acids is 1. The Bertz CT molecular complexity index is 382. The quantitative estimate of drug-likeness (QED) is 0.808. The van der Waals surface area contributed by atoms with Gasteiger partial charge in [0.15, 0.2) is 0 Å². The van der Waals surface area contributed by atoms with Crippen LogP contribution < -0.4 is 5.32 Å². The fourth-order valence-corrected chi connectivity index (χ4v) is 1.58. The molecule has 0 saturated carbocycles. The summed E-state index contributed by atoms with van der Waals surface area (Å²) in [5.74, 6) is -2.88. The smallest absolute Gasteiger partial charge is 0.304 e. The second kappa shape index (κ2) is 5.55. The molecule has 2 N–H and O–H groups in total. The van der Waals surface area contributed by atoms with Gasteiger partial charge in [0.1, 0.15) is 11.6 Å². The van der Waals surface area contributed by atoms with Crippen molar-refractivity contribution in [3.05, 3.63) is 35.4 Å². The largest absolute Gasteiger partial charge is 0.481 e. The summed E-state index contributed by atoms with van der Waals surface area (Å²) in [5.41, 5.74) is 0.221. The third-order valence-corrected chi connectivity index (χ3v) is 2.27. The minimum atomic E-state index is -1.01. The van der Waals surface area contributed by atoms with Crippen LogP contribution in [0.2, 0.25) is 0 Å². The summed E-state index contributed by atoms with van der Waals surface area (Å²) in [7, 11) is 1.65. The second-order valence-corrected chi connectivity index (χ2v) is 3.52. The van der Waals surface area contributed by atoms with Crippen LogP contribution in [0.1, 0.15) is 17.9 Å². The molecule has 1 rings (SSSR count). The number of hydrogen-bond acceptors (Lipinski definition) is 2. The van der Waals surface area contributed by atoms with Gasteiger partial charge in [-0.1, -0.05) is 6.07 Å². The average Bonchev–Trinajstić information content (AvgIpc) is 2.16.